The summed E-state index contributed by atoms with van der Waals surface area (Å²) in [6, 6.07) is 11.8. The number of aliphatic imine (C=N–C) groups is 1. The van der Waals surface area contributed by atoms with E-state index in [1.807, 2.05) is 41.5 Å². The number of hydrogen-bond acceptors (Lipinski definition) is 7. The Morgan fingerprint density at radius 1 is 1.03 bits per heavy atom. The minimum atomic E-state index is -0.153. The average molecular weight is 548 g/mol. The Labute approximate surface area is 263 Å². The van der Waals surface area contributed by atoms with E-state index >= 15 is 0 Å². The molecule has 9 heteroatoms. The van der Waals surface area contributed by atoms with Crippen LogP contribution in [0.5, 0.6) is 5.75 Å². The van der Waals surface area contributed by atoms with Gasteiger partial charge in [-0.25, -0.2) is 0 Å². The summed E-state index contributed by atoms with van der Waals surface area (Å²) in [5.41, 5.74) is 3.11. The molecule has 4 rings (SSSR count). The number of thiophene rings is 2. The van der Waals surface area contributed by atoms with Crippen LogP contribution in [0.25, 0.3) is 10.4 Å². The molecule has 2 aromatic heterocycles. The predicted molar refractivity (Wildman–Crippen MR) is 142 cm³/mol. The van der Waals surface area contributed by atoms with E-state index in [1.54, 1.807) is 19.1 Å². The van der Waals surface area contributed by atoms with Gasteiger partial charge in [0.25, 0.3) is 5.91 Å². The number of aryl methyl sites for hydroxylation is 1. The molecule has 0 spiro atoms. The molecular formula is C27H30KN3O3S2. The van der Waals surface area contributed by atoms with Crippen molar-refractivity contribution in [2.75, 3.05) is 32.7 Å². The Morgan fingerprint density at radius 3 is 2.31 bits per heavy atom. The fourth-order valence-electron chi connectivity index (χ4n) is 4.05. The first kappa shape index (κ1) is 29.4. The first-order chi connectivity index (χ1) is 16.7. The Morgan fingerprint density at radius 2 is 1.67 bits per heavy atom. The SMILES string of the molecule is CC(=NCC(=O)c1ccc(C(=O)N2CCN(C(C)C)CC2)s1)c1csc(-c2ccc(C)cc2)c1[O-].[K+]. The largest absolute Gasteiger partial charge is 1.00 e. The summed E-state index contributed by atoms with van der Waals surface area (Å²) in [6.07, 6.45) is 0. The maximum absolute atomic E-state index is 12.9. The monoisotopic (exact) mass is 547 g/mol. The van der Waals surface area contributed by atoms with E-state index < -0.39 is 0 Å². The van der Waals surface area contributed by atoms with Gasteiger partial charge in [-0.1, -0.05) is 35.6 Å². The number of nitrogens with zero attached hydrogens (tertiary/aromatic N) is 3. The number of benzene rings is 1. The number of Topliss-reactive ketones (excluding diaryl/α,β-unsaturated/α-hetero) is 1. The molecule has 3 heterocycles. The fourth-order valence-corrected chi connectivity index (χ4v) is 5.96. The Bertz CT molecular complexity index is 1240. The van der Waals surface area contributed by atoms with Gasteiger partial charge >= 0.3 is 51.4 Å². The van der Waals surface area contributed by atoms with Crippen molar-refractivity contribution in [1.29, 1.82) is 0 Å². The molecule has 0 unspecified atom stereocenters. The standard InChI is InChI=1S/C27H31N3O3S2.K/c1-17(2)29-11-13-30(14-12-29)27(33)24-10-9-23(35-24)22(31)15-28-19(4)21-16-34-26(25(21)32)20-7-5-18(3)6-8-20;/h5-10,16-17,32H,11-15H2,1-4H3;/q;+1/p-1. The minimum Gasteiger partial charge on any atom is -0.871 e. The molecule has 1 amide bonds. The van der Waals surface area contributed by atoms with Gasteiger partial charge in [-0.2, -0.15) is 0 Å². The maximum atomic E-state index is 12.9. The summed E-state index contributed by atoms with van der Waals surface area (Å²) in [7, 11) is 0. The summed E-state index contributed by atoms with van der Waals surface area (Å²) in [5, 5.41) is 14.7. The van der Waals surface area contributed by atoms with Gasteiger partial charge in [-0.05, 0) is 56.3 Å². The molecule has 0 saturated carbocycles. The van der Waals surface area contributed by atoms with Crippen molar-refractivity contribution in [2.45, 2.75) is 33.7 Å². The smallest absolute Gasteiger partial charge is 0.871 e. The van der Waals surface area contributed by atoms with Crippen molar-refractivity contribution in [1.82, 2.24) is 9.80 Å². The summed E-state index contributed by atoms with van der Waals surface area (Å²) < 4.78 is 0. The first-order valence-electron chi connectivity index (χ1n) is 11.8. The minimum absolute atomic E-state index is 0. The number of amides is 1. The molecule has 1 aliphatic rings. The number of hydrogen-bond donors (Lipinski definition) is 0. The molecule has 36 heavy (non-hydrogen) atoms. The van der Waals surface area contributed by atoms with E-state index in [9.17, 15) is 14.7 Å². The third kappa shape index (κ3) is 6.82. The molecule has 1 fully saturated rings. The van der Waals surface area contributed by atoms with Crippen molar-refractivity contribution >= 4 is 40.1 Å². The van der Waals surface area contributed by atoms with Gasteiger partial charge in [0.15, 0.2) is 5.78 Å². The van der Waals surface area contributed by atoms with Crippen LogP contribution in [0, 0.1) is 6.92 Å². The molecule has 184 valence electrons. The zero-order valence-electron chi connectivity index (χ0n) is 21.5. The summed E-state index contributed by atoms with van der Waals surface area (Å²) in [5.74, 6) is -0.233. The van der Waals surface area contributed by atoms with E-state index in [-0.39, 0.29) is 75.4 Å². The molecule has 1 saturated heterocycles. The number of carbonyl (C=O) groups is 2. The van der Waals surface area contributed by atoms with E-state index in [0.717, 1.165) is 24.2 Å². The fraction of sp³-hybridized carbons (Fsp3) is 0.370. The number of rotatable bonds is 7. The molecule has 1 aromatic carbocycles. The molecular weight excluding hydrogens is 518 g/mol. The Hall–Kier alpha value is -1.17. The Kier molecular flexibility index (Phi) is 10.7. The van der Waals surface area contributed by atoms with Crippen LogP contribution in [-0.4, -0.2) is 66.0 Å². The van der Waals surface area contributed by atoms with Crippen LogP contribution < -0.4 is 56.5 Å². The molecule has 0 atom stereocenters. The van der Waals surface area contributed by atoms with Crippen molar-refractivity contribution in [2.24, 2.45) is 4.99 Å². The molecule has 0 radical (unpaired) electrons. The van der Waals surface area contributed by atoms with Crippen LogP contribution in [0.2, 0.25) is 0 Å². The van der Waals surface area contributed by atoms with Crippen molar-refractivity contribution in [3.8, 4) is 16.2 Å². The number of ketones is 1. The van der Waals surface area contributed by atoms with Crippen molar-refractivity contribution in [3.63, 3.8) is 0 Å². The number of piperazine rings is 1. The van der Waals surface area contributed by atoms with Gasteiger partial charge in [0.2, 0.25) is 0 Å². The van der Waals surface area contributed by atoms with Gasteiger partial charge in [-0.3, -0.25) is 19.5 Å². The number of carbonyl (C=O) groups excluding carboxylic acids is 2. The quantitative estimate of drug-likeness (QED) is 0.257. The maximum Gasteiger partial charge on any atom is 1.00 e. The normalized spacial score (nSPS) is 14.7. The average Bonchev–Trinajstić information content (AvgIpc) is 3.50. The van der Waals surface area contributed by atoms with Crippen LogP contribution in [0.3, 0.4) is 0 Å². The summed E-state index contributed by atoms with van der Waals surface area (Å²) >= 11 is 2.61. The van der Waals surface area contributed by atoms with E-state index in [0.29, 0.717) is 45.0 Å². The van der Waals surface area contributed by atoms with Crippen LogP contribution in [0.1, 0.15) is 51.2 Å². The molecule has 0 aliphatic carbocycles. The van der Waals surface area contributed by atoms with Crippen LogP contribution in [0.15, 0.2) is 46.8 Å². The topological polar surface area (TPSA) is 76.0 Å². The van der Waals surface area contributed by atoms with Gasteiger partial charge in [-0.15, -0.1) is 22.7 Å². The van der Waals surface area contributed by atoms with Gasteiger partial charge in [0.05, 0.1) is 9.75 Å². The zero-order valence-corrected chi connectivity index (χ0v) is 26.3. The first-order valence-corrected chi connectivity index (χ1v) is 13.5. The van der Waals surface area contributed by atoms with Gasteiger partial charge in [0, 0.05) is 42.8 Å². The van der Waals surface area contributed by atoms with E-state index in [1.165, 1.54) is 22.7 Å². The second-order valence-corrected chi connectivity index (χ2v) is 11.0. The summed E-state index contributed by atoms with van der Waals surface area (Å²) in [6.45, 7) is 11.2. The van der Waals surface area contributed by atoms with Gasteiger partial charge in [0.1, 0.15) is 6.54 Å². The van der Waals surface area contributed by atoms with E-state index in [4.69, 9.17) is 0 Å². The molecule has 0 bridgehead atoms. The van der Waals surface area contributed by atoms with Crippen LogP contribution >= 0.6 is 22.7 Å². The van der Waals surface area contributed by atoms with Gasteiger partial charge < -0.3 is 10.0 Å². The molecule has 0 N–H and O–H groups in total. The second kappa shape index (κ2) is 13.1. The van der Waals surface area contributed by atoms with Crippen LogP contribution in [0.4, 0.5) is 0 Å². The molecule has 3 aromatic rings. The third-order valence-corrected chi connectivity index (χ3v) is 8.46. The second-order valence-electron chi connectivity index (χ2n) is 9.08. The zero-order chi connectivity index (χ0) is 25.1. The molecule has 1 aliphatic heterocycles. The summed E-state index contributed by atoms with van der Waals surface area (Å²) in [4.78, 5) is 36.0. The Balaban J connectivity index is 0.00000361. The molecule has 6 nitrogen and oxygen atoms in total. The van der Waals surface area contributed by atoms with Crippen molar-refractivity contribution < 1.29 is 66.1 Å². The third-order valence-electron chi connectivity index (χ3n) is 6.33. The predicted octanol–water partition coefficient (Wildman–Crippen LogP) is 1.72. The van der Waals surface area contributed by atoms with Crippen LogP contribution in [-0.2, 0) is 0 Å². The van der Waals surface area contributed by atoms with E-state index in [2.05, 4.69) is 23.7 Å². The van der Waals surface area contributed by atoms with Crippen molar-refractivity contribution in [3.05, 3.63) is 62.7 Å².